The van der Waals surface area contributed by atoms with Crippen LogP contribution in [0.3, 0.4) is 0 Å². The molecule has 142 valence electrons. The molecule has 1 aromatic carbocycles. The number of phenolic OH excluding ortho intramolecular Hbond substituents is 1. The van der Waals surface area contributed by atoms with E-state index in [1.807, 2.05) is 6.07 Å². The molecular formula is C22H27N3OS. The molecule has 6 rings (SSSR count). The first-order valence-corrected chi connectivity index (χ1v) is 11.2. The first kappa shape index (κ1) is 16.4. The first-order chi connectivity index (χ1) is 13.1. The summed E-state index contributed by atoms with van der Waals surface area (Å²) in [6, 6.07) is 6.72. The van der Waals surface area contributed by atoms with Gasteiger partial charge in [-0.2, -0.15) is 0 Å². The van der Waals surface area contributed by atoms with Crippen LogP contribution in [0.2, 0.25) is 0 Å². The van der Waals surface area contributed by atoms with Gasteiger partial charge < -0.3 is 10.8 Å². The van der Waals surface area contributed by atoms with Gasteiger partial charge in [0, 0.05) is 29.3 Å². The Morgan fingerprint density at radius 1 is 1.30 bits per heavy atom. The number of likely N-dealkylation sites (tertiary alicyclic amines) is 1. The number of nitrogens with two attached hydrogens (primary N) is 1. The molecule has 1 saturated carbocycles. The van der Waals surface area contributed by atoms with Gasteiger partial charge in [-0.1, -0.05) is 12.5 Å². The van der Waals surface area contributed by atoms with Crippen LogP contribution in [0.15, 0.2) is 18.2 Å². The van der Waals surface area contributed by atoms with Gasteiger partial charge in [0.25, 0.3) is 0 Å². The third-order valence-corrected chi connectivity index (χ3v) is 8.90. The number of thiazole rings is 1. The number of piperidine rings is 1. The molecule has 3 aliphatic carbocycles. The molecule has 5 heteroatoms. The number of hydrogen-bond acceptors (Lipinski definition) is 5. The van der Waals surface area contributed by atoms with Gasteiger partial charge in [-0.25, -0.2) is 4.98 Å². The molecule has 2 aromatic rings. The van der Waals surface area contributed by atoms with Crippen molar-refractivity contribution in [1.29, 1.82) is 0 Å². The maximum atomic E-state index is 10.2. The summed E-state index contributed by atoms with van der Waals surface area (Å²) in [6.07, 6.45) is 8.64. The summed E-state index contributed by atoms with van der Waals surface area (Å²) >= 11 is 1.70. The molecule has 4 nitrogen and oxygen atoms in total. The van der Waals surface area contributed by atoms with Crippen LogP contribution in [-0.2, 0) is 24.7 Å². The average molecular weight is 382 g/mol. The van der Waals surface area contributed by atoms with Crippen molar-refractivity contribution >= 4 is 16.5 Å². The second-order valence-corrected chi connectivity index (χ2v) is 10.3. The summed E-state index contributed by atoms with van der Waals surface area (Å²) in [5.41, 5.74) is 10.3. The Morgan fingerprint density at radius 3 is 3.00 bits per heavy atom. The smallest absolute Gasteiger partial charge is 0.180 e. The Hall–Kier alpha value is -1.59. The lowest BCUT2D eigenvalue weighted by molar-refractivity contribution is -0.00749. The molecule has 2 heterocycles. The number of aromatic hydroxyl groups is 1. The number of benzene rings is 1. The molecular weight excluding hydrogens is 354 g/mol. The van der Waals surface area contributed by atoms with Gasteiger partial charge in [0.05, 0.1) is 5.69 Å². The van der Waals surface area contributed by atoms with E-state index in [1.54, 1.807) is 11.3 Å². The van der Waals surface area contributed by atoms with Gasteiger partial charge in [-0.15, -0.1) is 11.3 Å². The van der Waals surface area contributed by atoms with Crippen molar-refractivity contribution in [1.82, 2.24) is 9.88 Å². The Labute approximate surface area is 164 Å². The second kappa shape index (κ2) is 5.71. The molecule has 3 N–H and O–H groups in total. The zero-order valence-corrected chi connectivity index (χ0v) is 16.5. The standard InChI is InChI=1S/C22H27N3OS/c23-21-24-18-11-22-6-7-25(12-13-2-1-3-13)19(17(22)10-20(18)27-21)8-14-4-5-15(26)9-16(14)22/h4-5,9,13,17,19,26H,1-3,6-8,10-12H2,(H2,23,24)/t17-,19+,22+/m0/s1. The summed E-state index contributed by atoms with van der Waals surface area (Å²) in [6.45, 7) is 2.46. The summed E-state index contributed by atoms with van der Waals surface area (Å²) in [7, 11) is 0. The molecule has 4 aliphatic rings. The normalized spacial score (nSPS) is 32.3. The summed E-state index contributed by atoms with van der Waals surface area (Å²) in [4.78, 5) is 8.92. The van der Waals surface area contributed by atoms with E-state index in [1.165, 1.54) is 60.5 Å². The first-order valence-electron chi connectivity index (χ1n) is 10.4. The number of rotatable bonds is 2. The van der Waals surface area contributed by atoms with E-state index in [0.717, 1.165) is 25.2 Å². The maximum absolute atomic E-state index is 10.2. The number of anilines is 1. The van der Waals surface area contributed by atoms with Crippen LogP contribution in [-0.4, -0.2) is 34.1 Å². The summed E-state index contributed by atoms with van der Waals surface area (Å²) in [5.74, 6) is 1.94. The Kier molecular flexibility index (Phi) is 3.46. The minimum absolute atomic E-state index is 0.126. The topological polar surface area (TPSA) is 62.4 Å². The predicted octanol–water partition coefficient (Wildman–Crippen LogP) is 3.51. The minimum atomic E-state index is 0.126. The zero-order valence-electron chi connectivity index (χ0n) is 15.7. The summed E-state index contributed by atoms with van der Waals surface area (Å²) < 4.78 is 0. The van der Waals surface area contributed by atoms with Crippen molar-refractivity contribution in [2.75, 3.05) is 18.8 Å². The van der Waals surface area contributed by atoms with Crippen molar-refractivity contribution in [2.24, 2.45) is 11.8 Å². The van der Waals surface area contributed by atoms with Crippen LogP contribution in [0, 0.1) is 11.8 Å². The number of fused-ring (bicyclic) bond motifs is 2. The lowest BCUT2D eigenvalue weighted by Crippen LogP contribution is -2.63. The van der Waals surface area contributed by atoms with Crippen LogP contribution in [0.1, 0.15) is 47.4 Å². The molecule has 0 amide bonds. The molecule has 1 aliphatic heterocycles. The van der Waals surface area contributed by atoms with Crippen molar-refractivity contribution in [3.05, 3.63) is 39.9 Å². The molecule has 2 fully saturated rings. The number of aromatic nitrogens is 1. The molecule has 1 saturated heterocycles. The third-order valence-electron chi connectivity index (χ3n) is 7.95. The number of nitrogen functional groups attached to an aromatic ring is 1. The van der Waals surface area contributed by atoms with E-state index in [-0.39, 0.29) is 5.41 Å². The van der Waals surface area contributed by atoms with Gasteiger partial charge in [0.2, 0.25) is 0 Å². The highest BCUT2D eigenvalue weighted by molar-refractivity contribution is 7.15. The molecule has 0 unspecified atom stereocenters. The van der Waals surface area contributed by atoms with Crippen molar-refractivity contribution in [2.45, 2.75) is 56.4 Å². The highest BCUT2D eigenvalue weighted by Crippen LogP contribution is 2.56. The predicted molar refractivity (Wildman–Crippen MR) is 108 cm³/mol. The largest absolute Gasteiger partial charge is 0.508 e. The molecule has 0 spiro atoms. The molecule has 3 atom stereocenters. The fourth-order valence-corrected chi connectivity index (χ4v) is 7.34. The average Bonchev–Trinajstić information content (AvgIpc) is 2.96. The van der Waals surface area contributed by atoms with E-state index < -0.39 is 0 Å². The van der Waals surface area contributed by atoms with Crippen LogP contribution in [0.5, 0.6) is 5.75 Å². The van der Waals surface area contributed by atoms with Gasteiger partial charge in [0.15, 0.2) is 5.13 Å². The van der Waals surface area contributed by atoms with Crippen molar-refractivity contribution < 1.29 is 5.11 Å². The highest BCUT2D eigenvalue weighted by Gasteiger charge is 2.55. The molecule has 27 heavy (non-hydrogen) atoms. The summed E-state index contributed by atoms with van der Waals surface area (Å²) in [5, 5.41) is 11.0. The van der Waals surface area contributed by atoms with Crippen LogP contribution in [0.25, 0.3) is 0 Å². The van der Waals surface area contributed by atoms with Crippen LogP contribution in [0.4, 0.5) is 5.13 Å². The fourth-order valence-electron chi connectivity index (χ4n) is 6.43. The van der Waals surface area contributed by atoms with Gasteiger partial charge in [-0.3, -0.25) is 4.90 Å². The monoisotopic (exact) mass is 381 g/mol. The van der Waals surface area contributed by atoms with E-state index >= 15 is 0 Å². The van der Waals surface area contributed by atoms with E-state index in [0.29, 0.717) is 22.8 Å². The number of hydrogen-bond donors (Lipinski definition) is 2. The van der Waals surface area contributed by atoms with Gasteiger partial charge in [-0.05, 0) is 73.7 Å². The molecule has 1 aromatic heterocycles. The fraction of sp³-hybridized carbons (Fsp3) is 0.591. The lowest BCUT2D eigenvalue weighted by Gasteiger charge is -2.59. The number of nitrogens with zero attached hydrogens (tertiary/aromatic N) is 2. The highest BCUT2D eigenvalue weighted by atomic mass is 32.1. The lowest BCUT2D eigenvalue weighted by atomic mass is 9.52. The minimum Gasteiger partial charge on any atom is -0.508 e. The second-order valence-electron chi connectivity index (χ2n) is 9.22. The van der Waals surface area contributed by atoms with E-state index in [4.69, 9.17) is 5.73 Å². The Balaban J connectivity index is 1.46. The van der Waals surface area contributed by atoms with Crippen molar-refractivity contribution in [3.8, 4) is 5.75 Å². The number of phenols is 1. The molecule has 0 radical (unpaired) electrons. The van der Waals surface area contributed by atoms with Crippen molar-refractivity contribution in [3.63, 3.8) is 0 Å². The quantitative estimate of drug-likeness (QED) is 0.836. The van der Waals surface area contributed by atoms with Crippen LogP contribution >= 0.6 is 11.3 Å². The third kappa shape index (κ3) is 2.34. The Morgan fingerprint density at radius 2 is 2.19 bits per heavy atom. The van der Waals surface area contributed by atoms with Gasteiger partial charge >= 0.3 is 0 Å². The van der Waals surface area contributed by atoms with E-state index in [2.05, 4.69) is 22.0 Å². The Bertz CT molecular complexity index is 905. The van der Waals surface area contributed by atoms with Gasteiger partial charge in [0.1, 0.15) is 5.75 Å². The SMILES string of the molecule is Nc1nc2c(s1)C[C@H]1[C@H]3Cc4ccc(O)cc4[C@@]1(CCN3CC1CCC1)C2. The van der Waals surface area contributed by atoms with E-state index in [9.17, 15) is 5.11 Å². The zero-order chi connectivity index (χ0) is 18.2. The maximum Gasteiger partial charge on any atom is 0.180 e. The molecule has 2 bridgehead atoms. The van der Waals surface area contributed by atoms with Crippen LogP contribution < -0.4 is 5.73 Å².